The monoisotopic (exact) mass is 521 g/mol. The van der Waals surface area contributed by atoms with Crippen molar-refractivity contribution in [3.8, 4) is 0 Å². The van der Waals surface area contributed by atoms with Crippen LogP contribution in [0.1, 0.15) is 38.8 Å². The number of carbonyl (C=O) groups excluding carboxylic acids is 1. The molecule has 0 atom stereocenters. The number of aryl methyl sites for hydroxylation is 1. The molecule has 0 spiro atoms. The highest BCUT2D eigenvalue weighted by Crippen LogP contribution is 2.29. The maximum Gasteiger partial charge on any atom is 0.416 e. The molecule has 0 unspecified atom stereocenters. The molecule has 172 valence electrons. The number of furan rings is 1. The zero-order valence-electron chi connectivity index (χ0n) is 17.7. The number of nitrogens with one attached hydrogen (secondary N) is 1. The maximum atomic E-state index is 12.9. The predicted octanol–water partition coefficient (Wildman–Crippen LogP) is 5.42. The average molecular weight is 522 g/mol. The molecule has 33 heavy (non-hydrogen) atoms. The highest BCUT2D eigenvalue weighted by molar-refractivity contribution is 9.10. The Hall–Kier alpha value is -3.34. The first-order valence-corrected chi connectivity index (χ1v) is 10.7. The van der Waals surface area contributed by atoms with Gasteiger partial charge in [0.25, 0.3) is 5.91 Å². The van der Waals surface area contributed by atoms with Crippen LogP contribution in [-0.2, 0) is 19.3 Å². The normalized spacial score (nSPS) is 11.7. The molecule has 4 rings (SSSR count). The van der Waals surface area contributed by atoms with E-state index in [4.69, 9.17) is 4.42 Å². The van der Waals surface area contributed by atoms with Gasteiger partial charge >= 0.3 is 6.18 Å². The van der Waals surface area contributed by atoms with Crippen LogP contribution in [-0.4, -0.2) is 25.5 Å². The Bertz CT molecular complexity index is 1310. The quantitative estimate of drug-likeness (QED) is 0.367. The van der Waals surface area contributed by atoms with Gasteiger partial charge in [0.15, 0.2) is 5.76 Å². The summed E-state index contributed by atoms with van der Waals surface area (Å²) in [5, 5.41) is 11.2. The van der Waals surface area contributed by atoms with Crippen LogP contribution >= 0.6 is 15.9 Å². The highest BCUT2D eigenvalue weighted by atomic mass is 79.9. The van der Waals surface area contributed by atoms with Crippen molar-refractivity contribution in [2.45, 2.75) is 33.1 Å². The molecule has 1 aromatic carbocycles. The molecular weight excluding hydrogens is 503 g/mol. The molecule has 0 aliphatic carbocycles. The number of carbonyl (C=O) groups is 1. The molecule has 0 aliphatic rings. The molecular formula is C22H19BrF3N5O2. The van der Waals surface area contributed by atoms with Crippen molar-refractivity contribution in [2.75, 3.05) is 5.32 Å². The van der Waals surface area contributed by atoms with E-state index < -0.39 is 17.6 Å². The van der Waals surface area contributed by atoms with Gasteiger partial charge < -0.3 is 9.73 Å². The molecule has 11 heteroatoms. The van der Waals surface area contributed by atoms with E-state index in [1.54, 1.807) is 22.9 Å². The Morgan fingerprint density at radius 1 is 1.18 bits per heavy atom. The fraction of sp³-hybridized carbons (Fsp3) is 0.227. The van der Waals surface area contributed by atoms with Crippen LogP contribution < -0.4 is 5.32 Å². The lowest BCUT2D eigenvalue weighted by molar-refractivity contribution is -0.137. The summed E-state index contributed by atoms with van der Waals surface area (Å²) in [4.78, 5) is 12.5. The van der Waals surface area contributed by atoms with E-state index >= 15 is 0 Å². The highest BCUT2D eigenvalue weighted by Gasteiger charge is 2.30. The maximum absolute atomic E-state index is 12.9. The lowest BCUT2D eigenvalue weighted by atomic mass is 10.1. The summed E-state index contributed by atoms with van der Waals surface area (Å²) < 4.78 is 48.5. The van der Waals surface area contributed by atoms with Crippen LogP contribution in [0, 0.1) is 13.8 Å². The zero-order valence-corrected chi connectivity index (χ0v) is 19.2. The fourth-order valence-corrected chi connectivity index (χ4v) is 3.59. The number of rotatable bonds is 6. The molecule has 1 amide bonds. The van der Waals surface area contributed by atoms with Gasteiger partial charge in [-0.15, -0.1) is 0 Å². The van der Waals surface area contributed by atoms with Crippen LogP contribution in [0.2, 0.25) is 0 Å². The molecule has 3 heterocycles. The molecule has 1 N–H and O–H groups in total. The van der Waals surface area contributed by atoms with Crippen molar-refractivity contribution in [3.05, 3.63) is 87.3 Å². The summed E-state index contributed by atoms with van der Waals surface area (Å²) in [6.07, 6.45) is -1.45. The van der Waals surface area contributed by atoms with E-state index in [-0.39, 0.29) is 12.3 Å². The number of halogens is 4. The summed E-state index contributed by atoms with van der Waals surface area (Å²) in [5.41, 5.74) is 1.93. The third-order valence-electron chi connectivity index (χ3n) is 4.97. The van der Waals surface area contributed by atoms with Gasteiger partial charge in [0.1, 0.15) is 5.76 Å². The first-order chi connectivity index (χ1) is 15.6. The second-order valence-corrected chi connectivity index (χ2v) is 8.28. The number of hydrogen-bond donors (Lipinski definition) is 1. The van der Waals surface area contributed by atoms with Gasteiger partial charge in [0.05, 0.1) is 46.4 Å². The summed E-state index contributed by atoms with van der Waals surface area (Å²) in [6.45, 7) is 4.32. The van der Waals surface area contributed by atoms with E-state index in [2.05, 4.69) is 31.4 Å². The molecule has 0 saturated heterocycles. The Labute approximate surface area is 195 Å². The standard InChI is InChI=1S/C22H19BrF3N5O2/c1-13-20(23)14(2)31(29-13)12-18-6-7-19(33-18)21(32)28-17-9-27-30(11-17)10-15-4-3-5-16(8-15)22(24,25)26/h3-9,11H,10,12H2,1-2H3,(H,28,32). The van der Waals surface area contributed by atoms with Crippen LogP contribution in [0.15, 0.2) is 57.7 Å². The Morgan fingerprint density at radius 2 is 1.97 bits per heavy atom. The van der Waals surface area contributed by atoms with Gasteiger partial charge in [-0.1, -0.05) is 12.1 Å². The molecule has 0 radical (unpaired) electrons. The van der Waals surface area contributed by atoms with Crippen LogP contribution in [0.4, 0.5) is 18.9 Å². The van der Waals surface area contributed by atoms with Crippen molar-refractivity contribution in [1.82, 2.24) is 19.6 Å². The van der Waals surface area contributed by atoms with Crippen molar-refractivity contribution in [1.29, 1.82) is 0 Å². The second-order valence-electron chi connectivity index (χ2n) is 7.49. The van der Waals surface area contributed by atoms with E-state index in [0.717, 1.165) is 28.0 Å². The van der Waals surface area contributed by atoms with Crippen molar-refractivity contribution < 1.29 is 22.4 Å². The van der Waals surface area contributed by atoms with Gasteiger partial charge in [-0.25, -0.2) is 0 Å². The summed E-state index contributed by atoms with van der Waals surface area (Å²) in [7, 11) is 0. The first-order valence-electron chi connectivity index (χ1n) is 9.88. The Balaban J connectivity index is 1.40. The summed E-state index contributed by atoms with van der Waals surface area (Å²) in [5.74, 6) is 0.226. The van der Waals surface area contributed by atoms with Gasteiger partial charge in [-0.05, 0) is 59.6 Å². The minimum Gasteiger partial charge on any atom is -0.454 e. The topological polar surface area (TPSA) is 77.9 Å². The Morgan fingerprint density at radius 3 is 2.67 bits per heavy atom. The van der Waals surface area contributed by atoms with Crippen molar-refractivity contribution >= 4 is 27.5 Å². The van der Waals surface area contributed by atoms with Gasteiger partial charge in [-0.3, -0.25) is 14.2 Å². The van der Waals surface area contributed by atoms with Crippen molar-refractivity contribution in [3.63, 3.8) is 0 Å². The Kier molecular flexibility index (Phi) is 6.15. The average Bonchev–Trinajstić information content (AvgIpc) is 3.46. The third-order valence-corrected chi connectivity index (χ3v) is 6.12. The lowest BCUT2D eigenvalue weighted by Gasteiger charge is -2.08. The SMILES string of the molecule is Cc1nn(Cc2ccc(C(=O)Nc3cnn(Cc4cccc(C(F)(F)F)c4)c3)o2)c(C)c1Br. The zero-order chi connectivity index (χ0) is 23.8. The van der Waals surface area contributed by atoms with Gasteiger partial charge in [0, 0.05) is 6.20 Å². The summed E-state index contributed by atoms with van der Waals surface area (Å²) >= 11 is 3.48. The number of alkyl halides is 3. The number of nitrogens with zero attached hydrogens (tertiary/aromatic N) is 4. The van der Waals surface area contributed by atoms with E-state index in [0.29, 0.717) is 23.6 Å². The van der Waals surface area contributed by atoms with E-state index in [9.17, 15) is 18.0 Å². The molecule has 0 saturated carbocycles. The fourth-order valence-electron chi connectivity index (χ4n) is 3.30. The van der Waals surface area contributed by atoms with Crippen molar-refractivity contribution in [2.24, 2.45) is 0 Å². The predicted molar refractivity (Wildman–Crippen MR) is 118 cm³/mol. The number of benzene rings is 1. The molecule has 3 aromatic heterocycles. The molecule has 0 aliphatic heterocycles. The number of anilines is 1. The van der Waals surface area contributed by atoms with Gasteiger partial charge in [0.2, 0.25) is 0 Å². The molecule has 0 fully saturated rings. The van der Waals surface area contributed by atoms with Gasteiger partial charge in [-0.2, -0.15) is 23.4 Å². The number of amides is 1. The lowest BCUT2D eigenvalue weighted by Crippen LogP contribution is -2.10. The molecule has 7 nitrogen and oxygen atoms in total. The summed E-state index contributed by atoms with van der Waals surface area (Å²) in [6, 6.07) is 8.30. The molecule has 4 aromatic rings. The van der Waals surface area contributed by atoms with Crippen LogP contribution in [0.25, 0.3) is 0 Å². The van der Waals surface area contributed by atoms with Crippen LogP contribution in [0.5, 0.6) is 0 Å². The third kappa shape index (κ3) is 5.19. The van der Waals surface area contributed by atoms with Crippen LogP contribution in [0.3, 0.4) is 0 Å². The number of aromatic nitrogens is 4. The second kappa shape index (κ2) is 8.89. The first kappa shape index (κ1) is 22.8. The largest absolute Gasteiger partial charge is 0.454 e. The number of hydrogen-bond acceptors (Lipinski definition) is 4. The smallest absolute Gasteiger partial charge is 0.416 e. The molecule has 0 bridgehead atoms. The minimum atomic E-state index is -4.41. The minimum absolute atomic E-state index is 0.122. The van der Waals surface area contributed by atoms with E-state index in [1.165, 1.54) is 23.1 Å². The van der Waals surface area contributed by atoms with E-state index in [1.807, 2.05) is 13.8 Å².